The number of benzene rings is 1. The van der Waals surface area contributed by atoms with Crippen LogP contribution in [0.2, 0.25) is 5.02 Å². The van der Waals surface area contributed by atoms with Crippen molar-refractivity contribution in [2.75, 3.05) is 0 Å². The summed E-state index contributed by atoms with van der Waals surface area (Å²) >= 11 is 5.68. The van der Waals surface area contributed by atoms with Crippen molar-refractivity contribution in [2.24, 2.45) is 0 Å². The molecule has 0 saturated heterocycles. The van der Waals surface area contributed by atoms with Crippen molar-refractivity contribution in [1.29, 1.82) is 0 Å². The van der Waals surface area contributed by atoms with E-state index >= 15 is 0 Å². The van der Waals surface area contributed by atoms with Gasteiger partial charge in [0.1, 0.15) is 5.75 Å². The van der Waals surface area contributed by atoms with Gasteiger partial charge in [-0.15, -0.1) is 13.2 Å². The summed E-state index contributed by atoms with van der Waals surface area (Å²) in [7, 11) is 0. The molecule has 1 atom stereocenters. The van der Waals surface area contributed by atoms with Crippen LogP contribution in [0.5, 0.6) is 5.75 Å². The Labute approximate surface area is 117 Å². The second kappa shape index (κ2) is 5.72. The van der Waals surface area contributed by atoms with E-state index in [1.54, 1.807) is 0 Å². The molecule has 1 aromatic carbocycles. The van der Waals surface area contributed by atoms with Crippen LogP contribution in [0, 0.1) is 0 Å². The molecule has 0 fully saturated rings. The lowest BCUT2D eigenvalue weighted by Gasteiger charge is -2.13. The molecule has 0 saturated carbocycles. The van der Waals surface area contributed by atoms with Crippen molar-refractivity contribution in [2.45, 2.75) is 19.0 Å². The Morgan fingerprint density at radius 1 is 1.30 bits per heavy atom. The molecule has 0 aliphatic carbocycles. The van der Waals surface area contributed by atoms with E-state index in [0.29, 0.717) is 10.6 Å². The lowest BCUT2D eigenvalue weighted by Crippen LogP contribution is -2.17. The average Bonchev–Trinajstić information content (AvgIpc) is 2.73. The number of halogens is 4. The molecule has 0 aliphatic rings. The van der Waals surface area contributed by atoms with Crippen molar-refractivity contribution in [3.63, 3.8) is 0 Å². The van der Waals surface area contributed by atoms with Crippen LogP contribution in [-0.4, -0.2) is 21.2 Å². The van der Waals surface area contributed by atoms with Crippen molar-refractivity contribution in [3.8, 4) is 5.75 Å². The lowest BCUT2D eigenvalue weighted by atomic mass is 10.1. The summed E-state index contributed by atoms with van der Waals surface area (Å²) in [5, 5.41) is 14.3. The molecule has 8 heteroatoms. The van der Waals surface area contributed by atoms with E-state index in [0.717, 1.165) is 12.1 Å². The fraction of sp³-hybridized carbons (Fsp3) is 0.250. The quantitative estimate of drug-likeness (QED) is 0.944. The van der Waals surface area contributed by atoms with Gasteiger partial charge in [-0.05, 0) is 17.7 Å². The average molecular weight is 307 g/mol. The van der Waals surface area contributed by atoms with Crippen LogP contribution in [-0.2, 0) is 6.54 Å². The first kappa shape index (κ1) is 14.7. The number of hydrogen-bond donors (Lipinski definition) is 1. The van der Waals surface area contributed by atoms with Gasteiger partial charge in [0.05, 0.1) is 23.9 Å². The van der Waals surface area contributed by atoms with Crippen LogP contribution in [0.3, 0.4) is 0 Å². The summed E-state index contributed by atoms with van der Waals surface area (Å²) in [6, 6.07) is 5.00. The number of aliphatic hydroxyl groups excluding tert-OH is 1. The van der Waals surface area contributed by atoms with Gasteiger partial charge in [-0.3, -0.25) is 4.68 Å². The van der Waals surface area contributed by atoms with E-state index in [2.05, 4.69) is 9.84 Å². The zero-order valence-corrected chi connectivity index (χ0v) is 10.8. The topological polar surface area (TPSA) is 47.3 Å². The normalized spacial score (nSPS) is 13.2. The van der Waals surface area contributed by atoms with Gasteiger partial charge in [-0.25, -0.2) is 0 Å². The van der Waals surface area contributed by atoms with E-state index in [1.165, 1.54) is 29.2 Å². The van der Waals surface area contributed by atoms with E-state index < -0.39 is 12.5 Å². The van der Waals surface area contributed by atoms with Crippen molar-refractivity contribution in [1.82, 2.24) is 9.78 Å². The third-order valence-corrected chi connectivity index (χ3v) is 2.66. The van der Waals surface area contributed by atoms with Gasteiger partial charge in [0, 0.05) is 6.20 Å². The zero-order chi connectivity index (χ0) is 14.8. The third-order valence-electron chi connectivity index (χ3n) is 2.46. The van der Waals surface area contributed by atoms with Gasteiger partial charge in [0.25, 0.3) is 0 Å². The Morgan fingerprint density at radius 2 is 1.95 bits per heavy atom. The molecular formula is C12H10ClF3N2O2. The van der Waals surface area contributed by atoms with Crippen molar-refractivity contribution < 1.29 is 23.0 Å². The Balaban J connectivity index is 2.02. The molecule has 2 aromatic rings. The molecule has 0 spiro atoms. The summed E-state index contributed by atoms with van der Waals surface area (Å²) in [6.07, 6.45) is -2.68. The fourth-order valence-corrected chi connectivity index (χ4v) is 1.77. The number of hydrogen-bond acceptors (Lipinski definition) is 3. The predicted octanol–water partition coefficient (Wildman–Crippen LogP) is 3.17. The van der Waals surface area contributed by atoms with Gasteiger partial charge in [0.15, 0.2) is 0 Å². The summed E-state index contributed by atoms with van der Waals surface area (Å²) in [5.74, 6) is -0.337. The molecule has 108 valence electrons. The molecule has 1 N–H and O–H groups in total. The Morgan fingerprint density at radius 3 is 2.45 bits per heavy atom. The highest BCUT2D eigenvalue weighted by Crippen LogP contribution is 2.24. The van der Waals surface area contributed by atoms with E-state index in [-0.39, 0.29) is 12.3 Å². The largest absolute Gasteiger partial charge is 0.573 e. The molecule has 4 nitrogen and oxygen atoms in total. The van der Waals surface area contributed by atoms with E-state index in [1.807, 2.05) is 0 Å². The smallest absolute Gasteiger partial charge is 0.406 e. The first-order valence-corrected chi connectivity index (χ1v) is 5.93. The van der Waals surface area contributed by atoms with Crippen molar-refractivity contribution in [3.05, 3.63) is 47.2 Å². The highest BCUT2D eigenvalue weighted by atomic mass is 35.5. The zero-order valence-electron chi connectivity index (χ0n) is 10.0. The van der Waals surface area contributed by atoms with Crippen LogP contribution in [0.4, 0.5) is 13.2 Å². The first-order chi connectivity index (χ1) is 9.33. The molecule has 0 aliphatic heterocycles. The van der Waals surface area contributed by atoms with Gasteiger partial charge >= 0.3 is 6.36 Å². The van der Waals surface area contributed by atoms with Crippen molar-refractivity contribution >= 4 is 11.6 Å². The van der Waals surface area contributed by atoms with Crippen LogP contribution >= 0.6 is 11.6 Å². The van der Waals surface area contributed by atoms with Crippen LogP contribution in [0.1, 0.15) is 11.7 Å². The number of aliphatic hydroxyl groups is 1. The summed E-state index contributed by atoms with van der Waals surface area (Å²) in [6.45, 7) is 0.145. The number of nitrogens with zero attached hydrogens (tertiary/aromatic N) is 2. The second-order valence-electron chi connectivity index (χ2n) is 4.01. The maximum absolute atomic E-state index is 12.0. The lowest BCUT2D eigenvalue weighted by molar-refractivity contribution is -0.274. The molecule has 1 aromatic heterocycles. The number of alkyl halides is 3. The SMILES string of the molecule is O[C@@H](Cn1cc(Cl)cn1)c1ccc(OC(F)(F)F)cc1. The molecule has 0 unspecified atom stereocenters. The minimum absolute atomic E-state index is 0.145. The molecule has 20 heavy (non-hydrogen) atoms. The van der Waals surface area contributed by atoms with Gasteiger partial charge in [0.2, 0.25) is 0 Å². The van der Waals surface area contributed by atoms with Crippen LogP contribution in [0.25, 0.3) is 0 Å². The Bertz CT molecular complexity index is 569. The monoisotopic (exact) mass is 306 g/mol. The number of aromatic nitrogens is 2. The summed E-state index contributed by atoms with van der Waals surface area (Å²) in [5.41, 5.74) is 0.450. The summed E-state index contributed by atoms with van der Waals surface area (Å²) < 4.78 is 41.2. The van der Waals surface area contributed by atoms with Gasteiger partial charge in [-0.2, -0.15) is 5.10 Å². The highest BCUT2D eigenvalue weighted by molar-refractivity contribution is 6.30. The maximum atomic E-state index is 12.0. The summed E-state index contributed by atoms with van der Waals surface area (Å²) in [4.78, 5) is 0. The molecule has 2 rings (SSSR count). The minimum Gasteiger partial charge on any atom is -0.406 e. The molecule has 0 amide bonds. The fourth-order valence-electron chi connectivity index (χ4n) is 1.61. The van der Waals surface area contributed by atoms with Gasteiger partial charge in [-0.1, -0.05) is 23.7 Å². The predicted molar refractivity (Wildman–Crippen MR) is 65.3 cm³/mol. The highest BCUT2D eigenvalue weighted by Gasteiger charge is 2.31. The standard InChI is InChI=1S/C12H10ClF3N2O2/c13-9-5-17-18(6-9)7-11(19)8-1-3-10(4-2-8)20-12(14,15)16/h1-6,11,19H,7H2/t11-/m0/s1. The Hall–Kier alpha value is -1.73. The molecule has 1 heterocycles. The van der Waals surface area contributed by atoms with E-state index in [9.17, 15) is 18.3 Å². The first-order valence-electron chi connectivity index (χ1n) is 5.55. The van der Waals surface area contributed by atoms with Crippen LogP contribution in [0.15, 0.2) is 36.7 Å². The number of ether oxygens (including phenoxy) is 1. The van der Waals surface area contributed by atoms with Crippen LogP contribution < -0.4 is 4.74 Å². The third kappa shape index (κ3) is 4.14. The van der Waals surface area contributed by atoms with Gasteiger partial charge < -0.3 is 9.84 Å². The minimum atomic E-state index is -4.73. The maximum Gasteiger partial charge on any atom is 0.573 e. The molecule has 0 bridgehead atoms. The molecular weight excluding hydrogens is 297 g/mol. The van der Waals surface area contributed by atoms with E-state index in [4.69, 9.17) is 11.6 Å². The Kier molecular flexibility index (Phi) is 4.20. The molecule has 0 radical (unpaired) electrons. The number of rotatable bonds is 4. The second-order valence-corrected chi connectivity index (χ2v) is 4.45.